The highest BCUT2D eigenvalue weighted by atomic mass is 32.2. The number of nitrogens with zero attached hydrogens (tertiary/aromatic N) is 3. The number of benzene rings is 1. The molecule has 3 rings (SSSR count). The van der Waals surface area contributed by atoms with Crippen molar-refractivity contribution in [1.29, 1.82) is 0 Å². The fourth-order valence-corrected chi connectivity index (χ4v) is 3.88. The monoisotopic (exact) mass is 302 g/mol. The Balaban J connectivity index is 2.02. The Labute approximate surface area is 130 Å². The second-order valence-corrected chi connectivity index (χ2v) is 6.67. The third kappa shape index (κ3) is 3.07. The minimum Gasteiger partial charge on any atom is -0.354 e. The molecular formula is C16H22N4S. The smallest absolute Gasteiger partial charge is 0.225 e. The summed E-state index contributed by atoms with van der Waals surface area (Å²) in [6.45, 7) is 7.32. The molecule has 5 heteroatoms. The van der Waals surface area contributed by atoms with Crippen molar-refractivity contribution in [1.82, 2.24) is 9.97 Å². The van der Waals surface area contributed by atoms with Crippen LogP contribution in [-0.2, 0) is 0 Å². The van der Waals surface area contributed by atoms with Crippen molar-refractivity contribution in [3.05, 3.63) is 24.3 Å². The zero-order valence-electron chi connectivity index (χ0n) is 12.7. The molecule has 0 radical (unpaired) electrons. The maximum Gasteiger partial charge on any atom is 0.225 e. The van der Waals surface area contributed by atoms with Gasteiger partial charge in [-0.2, -0.15) is 16.7 Å². The van der Waals surface area contributed by atoms with Gasteiger partial charge in [-0.05, 0) is 25.5 Å². The van der Waals surface area contributed by atoms with Crippen LogP contribution in [0.1, 0.15) is 20.3 Å². The van der Waals surface area contributed by atoms with E-state index < -0.39 is 0 Å². The fourth-order valence-electron chi connectivity index (χ4n) is 2.70. The van der Waals surface area contributed by atoms with Crippen molar-refractivity contribution >= 4 is 34.4 Å². The summed E-state index contributed by atoms with van der Waals surface area (Å²) in [5.74, 6) is 2.99. The van der Waals surface area contributed by atoms with Crippen LogP contribution in [0.25, 0.3) is 10.9 Å². The number of aromatic nitrogens is 2. The molecule has 1 atom stereocenters. The van der Waals surface area contributed by atoms with Crippen LogP contribution in [0.4, 0.5) is 11.8 Å². The highest BCUT2D eigenvalue weighted by Crippen LogP contribution is 2.30. The molecule has 1 aliphatic rings. The molecule has 1 aromatic carbocycles. The van der Waals surface area contributed by atoms with E-state index in [1.54, 1.807) is 0 Å². The first-order valence-electron chi connectivity index (χ1n) is 7.69. The van der Waals surface area contributed by atoms with Gasteiger partial charge >= 0.3 is 0 Å². The number of thioether (sulfide) groups is 1. The molecule has 0 saturated carbocycles. The van der Waals surface area contributed by atoms with Crippen molar-refractivity contribution in [2.24, 2.45) is 0 Å². The quantitative estimate of drug-likeness (QED) is 0.937. The van der Waals surface area contributed by atoms with Gasteiger partial charge in [0.15, 0.2) is 0 Å². The maximum absolute atomic E-state index is 4.78. The Morgan fingerprint density at radius 3 is 2.95 bits per heavy atom. The SMILES string of the molecule is CCNc1nc(N2CCSC(CC)C2)c2ccccc2n1. The van der Waals surface area contributed by atoms with Gasteiger partial charge in [0.1, 0.15) is 5.82 Å². The molecule has 1 unspecified atom stereocenters. The van der Waals surface area contributed by atoms with Gasteiger partial charge in [-0.15, -0.1) is 0 Å². The lowest BCUT2D eigenvalue weighted by molar-refractivity contribution is 0.722. The minimum atomic E-state index is 0.704. The molecule has 4 nitrogen and oxygen atoms in total. The van der Waals surface area contributed by atoms with Crippen LogP contribution >= 0.6 is 11.8 Å². The molecule has 2 heterocycles. The first-order valence-corrected chi connectivity index (χ1v) is 8.74. The maximum atomic E-state index is 4.78. The van der Waals surface area contributed by atoms with Gasteiger partial charge in [-0.1, -0.05) is 19.1 Å². The molecule has 1 fully saturated rings. The third-order valence-electron chi connectivity index (χ3n) is 3.81. The number of para-hydroxylation sites is 1. The van der Waals surface area contributed by atoms with Crippen molar-refractivity contribution in [3.63, 3.8) is 0 Å². The second-order valence-electron chi connectivity index (χ2n) is 5.27. The third-order valence-corrected chi connectivity index (χ3v) is 5.18. The van der Waals surface area contributed by atoms with Crippen LogP contribution in [0.5, 0.6) is 0 Å². The topological polar surface area (TPSA) is 41.1 Å². The van der Waals surface area contributed by atoms with E-state index in [-0.39, 0.29) is 0 Å². The van der Waals surface area contributed by atoms with Gasteiger partial charge in [-0.3, -0.25) is 0 Å². The highest BCUT2D eigenvalue weighted by molar-refractivity contribution is 8.00. The largest absolute Gasteiger partial charge is 0.354 e. The van der Waals surface area contributed by atoms with Gasteiger partial charge in [0.2, 0.25) is 5.95 Å². The minimum absolute atomic E-state index is 0.704. The molecule has 1 saturated heterocycles. The van der Waals surface area contributed by atoms with Gasteiger partial charge in [0.05, 0.1) is 5.52 Å². The molecule has 21 heavy (non-hydrogen) atoms. The Morgan fingerprint density at radius 1 is 1.29 bits per heavy atom. The van der Waals surface area contributed by atoms with Crippen molar-refractivity contribution < 1.29 is 0 Å². The van der Waals surface area contributed by atoms with E-state index >= 15 is 0 Å². The highest BCUT2D eigenvalue weighted by Gasteiger charge is 2.22. The summed E-state index contributed by atoms with van der Waals surface area (Å²) in [4.78, 5) is 11.8. The van der Waals surface area contributed by atoms with Crippen LogP contribution in [0, 0.1) is 0 Å². The van der Waals surface area contributed by atoms with E-state index in [0.29, 0.717) is 5.25 Å². The summed E-state index contributed by atoms with van der Waals surface area (Å²) in [7, 11) is 0. The van der Waals surface area contributed by atoms with Crippen LogP contribution in [0.2, 0.25) is 0 Å². The summed E-state index contributed by atoms with van der Waals surface area (Å²) in [6, 6.07) is 8.30. The number of hydrogen-bond donors (Lipinski definition) is 1. The lowest BCUT2D eigenvalue weighted by Crippen LogP contribution is -2.38. The molecule has 0 spiro atoms. The second kappa shape index (κ2) is 6.52. The van der Waals surface area contributed by atoms with Crippen molar-refractivity contribution in [3.8, 4) is 0 Å². The molecule has 1 N–H and O–H groups in total. The summed E-state index contributed by atoms with van der Waals surface area (Å²) in [6.07, 6.45) is 1.21. The Hall–Kier alpha value is -1.49. The molecule has 0 amide bonds. The predicted octanol–water partition coefficient (Wildman–Crippen LogP) is 3.39. The van der Waals surface area contributed by atoms with E-state index in [4.69, 9.17) is 4.98 Å². The first kappa shape index (κ1) is 14.4. The summed E-state index contributed by atoms with van der Waals surface area (Å²) >= 11 is 2.08. The lowest BCUT2D eigenvalue weighted by atomic mass is 10.2. The standard InChI is InChI=1S/C16H22N4S/c1-3-12-11-20(9-10-21-12)15-13-7-5-6-8-14(13)18-16(19-15)17-4-2/h5-8,12H,3-4,9-11H2,1-2H3,(H,17,18,19). The zero-order valence-corrected chi connectivity index (χ0v) is 13.5. The van der Waals surface area contributed by atoms with Gasteiger partial charge in [-0.25, -0.2) is 4.98 Å². The van der Waals surface area contributed by atoms with Crippen LogP contribution in [0.15, 0.2) is 24.3 Å². The number of rotatable bonds is 4. The molecule has 2 aromatic rings. The average Bonchev–Trinajstić information content (AvgIpc) is 2.54. The number of hydrogen-bond acceptors (Lipinski definition) is 5. The zero-order chi connectivity index (χ0) is 14.7. The predicted molar refractivity (Wildman–Crippen MR) is 92.5 cm³/mol. The number of fused-ring (bicyclic) bond motifs is 1. The average molecular weight is 302 g/mol. The van der Waals surface area contributed by atoms with E-state index in [2.05, 4.69) is 59.0 Å². The Kier molecular flexibility index (Phi) is 4.48. The molecule has 1 aromatic heterocycles. The van der Waals surface area contributed by atoms with E-state index in [0.717, 1.165) is 42.3 Å². The van der Waals surface area contributed by atoms with Crippen molar-refractivity contribution in [2.45, 2.75) is 25.5 Å². The van der Waals surface area contributed by atoms with Gasteiger partial charge < -0.3 is 10.2 Å². The molecule has 1 aliphatic heterocycles. The van der Waals surface area contributed by atoms with Gasteiger partial charge in [0.25, 0.3) is 0 Å². The Morgan fingerprint density at radius 2 is 2.14 bits per heavy atom. The van der Waals surface area contributed by atoms with Crippen LogP contribution in [0.3, 0.4) is 0 Å². The Bertz CT molecular complexity index is 616. The normalized spacial score (nSPS) is 19.0. The summed E-state index contributed by atoms with van der Waals surface area (Å²) in [5, 5.41) is 5.11. The van der Waals surface area contributed by atoms with Crippen molar-refractivity contribution in [2.75, 3.05) is 35.6 Å². The van der Waals surface area contributed by atoms with Gasteiger partial charge in [0, 0.05) is 36.0 Å². The van der Waals surface area contributed by atoms with Crippen LogP contribution < -0.4 is 10.2 Å². The number of nitrogens with one attached hydrogen (secondary N) is 1. The van der Waals surface area contributed by atoms with E-state index in [9.17, 15) is 0 Å². The molecule has 0 aliphatic carbocycles. The van der Waals surface area contributed by atoms with E-state index in [1.807, 2.05) is 6.07 Å². The number of anilines is 2. The molecular weight excluding hydrogens is 280 g/mol. The molecule has 112 valence electrons. The molecule has 0 bridgehead atoms. The summed E-state index contributed by atoms with van der Waals surface area (Å²) < 4.78 is 0. The summed E-state index contributed by atoms with van der Waals surface area (Å²) in [5.41, 5.74) is 1.02. The fraction of sp³-hybridized carbons (Fsp3) is 0.500. The lowest BCUT2D eigenvalue weighted by Gasteiger charge is -2.33. The van der Waals surface area contributed by atoms with E-state index in [1.165, 1.54) is 12.2 Å². The van der Waals surface area contributed by atoms with Crippen LogP contribution in [-0.4, -0.2) is 40.6 Å². The first-order chi connectivity index (χ1) is 10.3.